The molecule has 1 saturated carbocycles. The molecule has 2 rings (SSSR count). The summed E-state index contributed by atoms with van der Waals surface area (Å²) in [5, 5.41) is 4.55. The molecule has 0 N–H and O–H groups in total. The summed E-state index contributed by atoms with van der Waals surface area (Å²) in [5.41, 5.74) is 2.76. The molecule has 0 saturated heterocycles. The van der Waals surface area contributed by atoms with E-state index in [9.17, 15) is 13.6 Å². The molecule has 0 spiro atoms. The number of carbonyl (C=O) groups is 1. The number of carbonyl (C=O) groups excluding carboxylic acids is 1. The Morgan fingerprint density at radius 3 is 2.50 bits per heavy atom. The van der Waals surface area contributed by atoms with Gasteiger partial charge in [-0.25, -0.2) is 8.78 Å². The Morgan fingerprint density at radius 2 is 2.00 bits per heavy atom. The average Bonchev–Trinajstić information content (AvgIpc) is 2.73. The fourth-order valence-corrected chi connectivity index (χ4v) is 3.14. The molecule has 0 radical (unpaired) electrons. The second kappa shape index (κ2) is 6.75. The lowest BCUT2D eigenvalue weighted by Gasteiger charge is -2.35. The van der Waals surface area contributed by atoms with Gasteiger partial charge < -0.3 is 4.74 Å². The maximum Gasteiger partial charge on any atom is 0.310 e. The molecule has 0 atom stereocenters. The highest BCUT2D eigenvalue weighted by Gasteiger charge is 2.45. The lowest BCUT2D eigenvalue weighted by molar-refractivity contribution is -0.142. The fourth-order valence-electron chi connectivity index (χ4n) is 3.14. The number of nitrogens with zero attached hydrogens (tertiary/aromatic N) is 2. The molecule has 4 nitrogen and oxygen atoms in total. The van der Waals surface area contributed by atoms with Crippen LogP contribution >= 0.6 is 0 Å². The highest BCUT2D eigenvalue weighted by atomic mass is 19.3. The maximum absolute atomic E-state index is 13.0. The van der Waals surface area contributed by atoms with Gasteiger partial charge in [-0.1, -0.05) is 13.8 Å². The molecule has 0 amide bonds. The minimum absolute atomic E-state index is 0.0275. The quantitative estimate of drug-likeness (QED) is 0.726. The van der Waals surface area contributed by atoms with Gasteiger partial charge in [0.25, 0.3) is 0 Å². The Hall–Kier alpha value is -1.46. The van der Waals surface area contributed by atoms with Crippen LogP contribution in [0.4, 0.5) is 8.78 Å². The third-order valence-electron chi connectivity index (χ3n) is 4.15. The van der Waals surface area contributed by atoms with Crippen molar-refractivity contribution in [2.75, 3.05) is 6.61 Å². The molecule has 0 unspecified atom stereocenters. The van der Waals surface area contributed by atoms with Gasteiger partial charge in [-0.05, 0) is 25.7 Å². The van der Waals surface area contributed by atoms with E-state index >= 15 is 0 Å². The SMILES string of the molecule is CCOC(=O)Cc1c(CC)nn(CC2CC(F)(F)C2)c1CC. The normalized spacial score (nSPS) is 17.3. The van der Waals surface area contributed by atoms with Crippen LogP contribution in [0.25, 0.3) is 0 Å². The van der Waals surface area contributed by atoms with E-state index in [2.05, 4.69) is 5.10 Å². The van der Waals surface area contributed by atoms with E-state index in [1.54, 1.807) is 6.92 Å². The molecule has 1 fully saturated rings. The van der Waals surface area contributed by atoms with Crippen LogP contribution in [0, 0.1) is 5.92 Å². The molecule has 0 bridgehead atoms. The van der Waals surface area contributed by atoms with Gasteiger partial charge in [-0.2, -0.15) is 5.10 Å². The van der Waals surface area contributed by atoms with Crippen molar-refractivity contribution in [2.45, 2.75) is 65.3 Å². The molecular formula is C16H24F2N2O2. The van der Waals surface area contributed by atoms with Gasteiger partial charge in [-0.15, -0.1) is 0 Å². The van der Waals surface area contributed by atoms with Crippen molar-refractivity contribution in [3.63, 3.8) is 0 Å². The van der Waals surface area contributed by atoms with Crippen LogP contribution in [-0.2, 0) is 35.3 Å². The number of halogens is 2. The molecule has 1 heterocycles. The van der Waals surface area contributed by atoms with Crippen molar-refractivity contribution < 1.29 is 18.3 Å². The van der Waals surface area contributed by atoms with Gasteiger partial charge >= 0.3 is 5.97 Å². The minimum Gasteiger partial charge on any atom is -0.466 e. The second-order valence-electron chi connectivity index (χ2n) is 5.87. The van der Waals surface area contributed by atoms with Crippen LogP contribution in [0.1, 0.15) is 50.6 Å². The van der Waals surface area contributed by atoms with E-state index in [0.717, 1.165) is 29.8 Å². The van der Waals surface area contributed by atoms with Crippen molar-refractivity contribution in [3.05, 3.63) is 17.0 Å². The van der Waals surface area contributed by atoms with Gasteiger partial charge in [0.15, 0.2) is 0 Å². The molecule has 124 valence electrons. The van der Waals surface area contributed by atoms with Crippen LogP contribution in [0.3, 0.4) is 0 Å². The summed E-state index contributed by atoms with van der Waals surface area (Å²) in [6.45, 7) is 6.62. The summed E-state index contributed by atoms with van der Waals surface area (Å²) in [6, 6.07) is 0. The fraction of sp³-hybridized carbons (Fsp3) is 0.750. The van der Waals surface area contributed by atoms with E-state index in [4.69, 9.17) is 4.74 Å². The zero-order valence-corrected chi connectivity index (χ0v) is 13.5. The zero-order chi connectivity index (χ0) is 16.3. The highest BCUT2D eigenvalue weighted by molar-refractivity contribution is 5.73. The monoisotopic (exact) mass is 314 g/mol. The number of rotatable bonds is 7. The van der Waals surface area contributed by atoms with Crippen molar-refractivity contribution >= 4 is 5.97 Å². The van der Waals surface area contributed by atoms with Gasteiger partial charge in [-0.3, -0.25) is 9.48 Å². The molecular weight excluding hydrogens is 290 g/mol. The van der Waals surface area contributed by atoms with E-state index in [0.29, 0.717) is 13.2 Å². The Bertz CT molecular complexity index is 532. The number of hydrogen-bond acceptors (Lipinski definition) is 3. The zero-order valence-electron chi connectivity index (χ0n) is 13.5. The number of esters is 1. The van der Waals surface area contributed by atoms with Crippen molar-refractivity contribution in [1.82, 2.24) is 9.78 Å². The molecule has 1 aromatic rings. The number of aryl methyl sites for hydroxylation is 1. The average molecular weight is 314 g/mol. The van der Waals surface area contributed by atoms with Gasteiger partial charge in [0.1, 0.15) is 0 Å². The van der Waals surface area contributed by atoms with Crippen molar-refractivity contribution in [2.24, 2.45) is 5.92 Å². The molecule has 1 aromatic heterocycles. The summed E-state index contributed by atoms with van der Waals surface area (Å²) < 4.78 is 32.8. The van der Waals surface area contributed by atoms with Crippen LogP contribution in [0.2, 0.25) is 0 Å². The lowest BCUT2D eigenvalue weighted by atomic mass is 9.81. The standard InChI is InChI=1S/C16H24F2N2O2/c1-4-13-12(7-15(21)22-6-3)14(5-2)20(19-13)10-11-8-16(17,18)9-11/h11H,4-10H2,1-3H3. The minimum atomic E-state index is -2.51. The van der Waals surface area contributed by atoms with Gasteiger partial charge in [0, 0.05) is 30.6 Å². The van der Waals surface area contributed by atoms with Crippen LogP contribution in [0.15, 0.2) is 0 Å². The first-order valence-electron chi connectivity index (χ1n) is 8.01. The van der Waals surface area contributed by atoms with Crippen molar-refractivity contribution in [1.29, 1.82) is 0 Å². The summed E-state index contributed by atoms with van der Waals surface area (Å²) in [5.74, 6) is -2.80. The number of aromatic nitrogens is 2. The Labute approximate surface area is 129 Å². The van der Waals surface area contributed by atoms with Gasteiger partial charge in [0.2, 0.25) is 5.92 Å². The smallest absolute Gasteiger partial charge is 0.310 e. The largest absolute Gasteiger partial charge is 0.466 e. The van der Waals surface area contributed by atoms with Crippen LogP contribution in [0.5, 0.6) is 0 Å². The molecule has 1 aliphatic rings. The molecule has 1 aliphatic carbocycles. The van der Waals surface area contributed by atoms with Crippen molar-refractivity contribution in [3.8, 4) is 0 Å². The topological polar surface area (TPSA) is 44.1 Å². The Balaban J connectivity index is 2.16. The summed E-state index contributed by atoms with van der Waals surface area (Å²) >= 11 is 0. The molecule has 22 heavy (non-hydrogen) atoms. The molecule has 6 heteroatoms. The number of alkyl halides is 2. The predicted molar refractivity (Wildman–Crippen MR) is 79.0 cm³/mol. The molecule has 0 aromatic carbocycles. The molecule has 0 aliphatic heterocycles. The van der Waals surface area contributed by atoms with Crippen LogP contribution < -0.4 is 0 Å². The lowest BCUT2D eigenvalue weighted by Crippen LogP contribution is -2.38. The van der Waals surface area contributed by atoms with E-state index < -0.39 is 5.92 Å². The maximum atomic E-state index is 13.0. The Kier molecular flexibility index (Phi) is 5.19. The third-order valence-corrected chi connectivity index (χ3v) is 4.15. The van der Waals surface area contributed by atoms with E-state index in [1.807, 2.05) is 18.5 Å². The predicted octanol–water partition coefficient (Wildman–Crippen LogP) is 3.16. The first kappa shape index (κ1) is 16.9. The number of ether oxygens (including phenoxy) is 1. The first-order chi connectivity index (χ1) is 10.4. The summed E-state index contributed by atoms with van der Waals surface area (Å²) in [6.07, 6.45) is 1.52. The summed E-state index contributed by atoms with van der Waals surface area (Å²) in [7, 11) is 0. The van der Waals surface area contributed by atoms with E-state index in [-0.39, 0.29) is 31.1 Å². The van der Waals surface area contributed by atoms with Crippen LogP contribution in [-0.4, -0.2) is 28.3 Å². The first-order valence-corrected chi connectivity index (χ1v) is 8.01. The number of hydrogen-bond donors (Lipinski definition) is 0. The second-order valence-corrected chi connectivity index (χ2v) is 5.87. The highest BCUT2D eigenvalue weighted by Crippen LogP contribution is 2.43. The Morgan fingerprint density at radius 1 is 1.32 bits per heavy atom. The third kappa shape index (κ3) is 3.65. The summed E-state index contributed by atoms with van der Waals surface area (Å²) in [4.78, 5) is 11.8. The van der Waals surface area contributed by atoms with Gasteiger partial charge in [0.05, 0.1) is 18.7 Å². The van der Waals surface area contributed by atoms with E-state index in [1.165, 1.54) is 0 Å².